The highest BCUT2D eigenvalue weighted by Crippen LogP contribution is 2.08. The Morgan fingerprint density at radius 1 is 1.21 bits per heavy atom. The molecule has 0 saturated heterocycles. The SMILES string of the molecule is CCN(C)S(=O)(=O)Cc1ccccc1. The number of nitrogens with zero attached hydrogens (tertiary/aromatic N) is 1. The van der Waals surface area contributed by atoms with E-state index in [0.717, 1.165) is 5.56 Å². The van der Waals surface area contributed by atoms with Gasteiger partial charge >= 0.3 is 0 Å². The molecule has 0 unspecified atom stereocenters. The van der Waals surface area contributed by atoms with Crippen LogP contribution in [0, 0.1) is 0 Å². The maximum atomic E-state index is 11.7. The molecule has 0 bridgehead atoms. The van der Waals surface area contributed by atoms with E-state index in [9.17, 15) is 8.42 Å². The third kappa shape index (κ3) is 2.82. The van der Waals surface area contributed by atoms with Crippen molar-refractivity contribution in [3.63, 3.8) is 0 Å². The Morgan fingerprint density at radius 2 is 1.79 bits per heavy atom. The Hall–Kier alpha value is -0.870. The minimum atomic E-state index is -3.13. The largest absolute Gasteiger partial charge is 0.218 e. The van der Waals surface area contributed by atoms with Crippen LogP contribution in [0.1, 0.15) is 12.5 Å². The van der Waals surface area contributed by atoms with Crippen molar-refractivity contribution in [3.8, 4) is 0 Å². The lowest BCUT2D eigenvalue weighted by atomic mass is 10.2. The average molecular weight is 213 g/mol. The minimum Gasteiger partial charge on any atom is -0.212 e. The second-order valence-electron chi connectivity index (χ2n) is 3.16. The molecular weight excluding hydrogens is 198 g/mol. The van der Waals surface area contributed by atoms with Gasteiger partial charge < -0.3 is 0 Å². The standard InChI is InChI=1S/C10H15NO2S/c1-3-11(2)14(12,13)9-10-7-5-4-6-8-10/h4-8H,3,9H2,1-2H3. The maximum Gasteiger partial charge on any atom is 0.218 e. The fourth-order valence-electron chi connectivity index (χ4n) is 1.09. The highest BCUT2D eigenvalue weighted by Gasteiger charge is 2.15. The molecule has 0 saturated carbocycles. The molecular formula is C10H15NO2S. The molecule has 1 aromatic carbocycles. The molecule has 0 aliphatic heterocycles. The van der Waals surface area contributed by atoms with Gasteiger partial charge in [0.05, 0.1) is 5.75 Å². The van der Waals surface area contributed by atoms with Gasteiger partial charge in [0.1, 0.15) is 0 Å². The summed E-state index contributed by atoms with van der Waals surface area (Å²) in [6.45, 7) is 2.33. The molecule has 0 fully saturated rings. The Bertz CT molecular complexity index is 372. The molecule has 0 spiro atoms. The predicted molar refractivity (Wildman–Crippen MR) is 57.4 cm³/mol. The van der Waals surface area contributed by atoms with Crippen LogP contribution < -0.4 is 0 Å². The van der Waals surface area contributed by atoms with Crippen LogP contribution >= 0.6 is 0 Å². The Kier molecular flexibility index (Phi) is 3.66. The highest BCUT2D eigenvalue weighted by atomic mass is 32.2. The second-order valence-corrected chi connectivity index (χ2v) is 5.23. The summed E-state index contributed by atoms with van der Waals surface area (Å²) in [5.41, 5.74) is 0.827. The number of hydrogen-bond acceptors (Lipinski definition) is 2. The first kappa shape index (κ1) is 11.2. The molecule has 4 heteroatoms. The van der Waals surface area contributed by atoms with Gasteiger partial charge in [0.25, 0.3) is 0 Å². The first-order chi connectivity index (χ1) is 6.56. The van der Waals surface area contributed by atoms with Gasteiger partial charge in [-0.1, -0.05) is 37.3 Å². The molecule has 0 aliphatic carbocycles. The monoisotopic (exact) mass is 213 g/mol. The van der Waals surface area contributed by atoms with Crippen LogP contribution in [0.3, 0.4) is 0 Å². The number of benzene rings is 1. The van der Waals surface area contributed by atoms with Gasteiger partial charge in [-0.05, 0) is 5.56 Å². The van der Waals surface area contributed by atoms with E-state index in [2.05, 4.69) is 0 Å². The van der Waals surface area contributed by atoms with Crippen molar-refractivity contribution in [2.24, 2.45) is 0 Å². The molecule has 0 aliphatic rings. The minimum absolute atomic E-state index is 0.0815. The predicted octanol–water partition coefficient (Wildman–Crippen LogP) is 1.47. The molecule has 3 nitrogen and oxygen atoms in total. The third-order valence-corrected chi connectivity index (χ3v) is 4.02. The van der Waals surface area contributed by atoms with Gasteiger partial charge in [0.15, 0.2) is 0 Å². The zero-order valence-electron chi connectivity index (χ0n) is 8.47. The summed E-state index contributed by atoms with van der Waals surface area (Å²) in [6, 6.07) is 9.20. The quantitative estimate of drug-likeness (QED) is 0.759. The normalized spacial score (nSPS) is 11.9. The Labute approximate surface area is 85.4 Å². The van der Waals surface area contributed by atoms with E-state index in [1.165, 1.54) is 4.31 Å². The summed E-state index contributed by atoms with van der Waals surface area (Å²) in [7, 11) is -1.53. The molecule has 14 heavy (non-hydrogen) atoms. The van der Waals surface area contributed by atoms with Crippen LogP contribution in [0.4, 0.5) is 0 Å². The summed E-state index contributed by atoms with van der Waals surface area (Å²) in [4.78, 5) is 0. The first-order valence-electron chi connectivity index (χ1n) is 4.54. The smallest absolute Gasteiger partial charge is 0.212 e. The molecule has 0 N–H and O–H groups in total. The van der Waals surface area contributed by atoms with E-state index in [1.54, 1.807) is 7.05 Å². The van der Waals surface area contributed by atoms with Gasteiger partial charge in [0, 0.05) is 13.6 Å². The topological polar surface area (TPSA) is 37.4 Å². The molecule has 0 amide bonds. The molecule has 78 valence electrons. The lowest BCUT2D eigenvalue weighted by molar-refractivity contribution is 0.485. The zero-order valence-corrected chi connectivity index (χ0v) is 9.29. The summed E-state index contributed by atoms with van der Waals surface area (Å²) < 4.78 is 24.7. The van der Waals surface area contributed by atoms with Crippen molar-refractivity contribution in [2.75, 3.05) is 13.6 Å². The number of sulfonamides is 1. The maximum absolute atomic E-state index is 11.7. The molecule has 1 aromatic rings. The lowest BCUT2D eigenvalue weighted by Crippen LogP contribution is -2.27. The summed E-state index contributed by atoms with van der Waals surface area (Å²) in [6.07, 6.45) is 0. The summed E-state index contributed by atoms with van der Waals surface area (Å²) in [5, 5.41) is 0. The van der Waals surface area contributed by atoms with E-state index in [4.69, 9.17) is 0 Å². The van der Waals surface area contributed by atoms with Crippen molar-refractivity contribution in [1.82, 2.24) is 4.31 Å². The summed E-state index contributed by atoms with van der Waals surface area (Å²) in [5.74, 6) is 0.0815. The zero-order chi connectivity index (χ0) is 10.6. The van der Waals surface area contributed by atoms with E-state index in [0.29, 0.717) is 6.54 Å². The van der Waals surface area contributed by atoms with E-state index >= 15 is 0 Å². The van der Waals surface area contributed by atoms with Crippen LogP contribution in [-0.4, -0.2) is 26.3 Å². The highest BCUT2D eigenvalue weighted by molar-refractivity contribution is 7.88. The van der Waals surface area contributed by atoms with E-state index in [1.807, 2.05) is 37.3 Å². The molecule has 0 radical (unpaired) electrons. The van der Waals surface area contributed by atoms with Crippen molar-refractivity contribution in [2.45, 2.75) is 12.7 Å². The fourth-order valence-corrected chi connectivity index (χ4v) is 2.32. The van der Waals surface area contributed by atoms with Crippen molar-refractivity contribution in [1.29, 1.82) is 0 Å². The van der Waals surface area contributed by atoms with Crippen LogP contribution in [0.25, 0.3) is 0 Å². The molecule has 1 rings (SSSR count). The van der Waals surface area contributed by atoms with Crippen LogP contribution in [0.15, 0.2) is 30.3 Å². The molecule has 0 aromatic heterocycles. The fraction of sp³-hybridized carbons (Fsp3) is 0.400. The average Bonchev–Trinajstić information content (AvgIpc) is 2.17. The third-order valence-electron chi connectivity index (χ3n) is 2.11. The van der Waals surface area contributed by atoms with Gasteiger partial charge in [-0.15, -0.1) is 0 Å². The van der Waals surface area contributed by atoms with E-state index in [-0.39, 0.29) is 5.75 Å². The second kappa shape index (κ2) is 4.57. The summed E-state index contributed by atoms with van der Waals surface area (Å²) >= 11 is 0. The molecule has 0 heterocycles. The van der Waals surface area contributed by atoms with Crippen LogP contribution in [0.2, 0.25) is 0 Å². The Balaban J connectivity index is 2.79. The lowest BCUT2D eigenvalue weighted by Gasteiger charge is -2.14. The molecule has 0 atom stereocenters. The Morgan fingerprint density at radius 3 is 2.29 bits per heavy atom. The van der Waals surface area contributed by atoms with Crippen molar-refractivity contribution in [3.05, 3.63) is 35.9 Å². The van der Waals surface area contributed by atoms with Crippen LogP contribution in [-0.2, 0) is 15.8 Å². The van der Waals surface area contributed by atoms with Gasteiger partial charge in [-0.3, -0.25) is 0 Å². The van der Waals surface area contributed by atoms with Crippen molar-refractivity contribution < 1.29 is 8.42 Å². The number of hydrogen-bond donors (Lipinski definition) is 0. The van der Waals surface area contributed by atoms with Gasteiger partial charge in [0.2, 0.25) is 10.0 Å². The van der Waals surface area contributed by atoms with Crippen molar-refractivity contribution >= 4 is 10.0 Å². The van der Waals surface area contributed by atoms with Gasteiger partial charge in [-0.2, -0.15) is 0 Å². The van der Waals surface area contributed by atoms with Crippen LogP contribution in [0.5, 0.6) is 0 Å². The first-order valence-corrected chi connectivity index (χ1v) is 6.15. The van der Waals surface area contributed by atoms with E-state index < -0.39 is 10.0 Å². The van der Waals surface area contributed by atoms with Gasteiger partial charge in [-0.25, -0.2) is 12.7 Å². The number of rotatable bonds is 4.